The zero-order valence-electron chi connectivity index (χ0n) is 52.3. The number of carbonyl (C=O) groups excluding carboxylic acids is 2. The van der Waals surface area contributed by atoms with Crippen molar-refractivity contribution in [3.8, 4) is 46.0 Å². The van der Waals surface area contributed by atoms with Gasteiger partial charge in [-0.15, -0.1) is 0 Å². The summed E-state index contributed by atoms with van der Waals surface area (Å²) in [5.41, 5.74) is 8.00. The van der Waals surface area contributed by atoms with E-state index >= 15 is 0 Å². The molecule has 4 atom stereocenters. The van der Waals surface area contributed by atoms with Crippen molar-refractivity contribution in [1.29, 1.82) is 0 Å². The first-order valence-electron chi connectivity index (χ1n) is 28.7. The molecule has 0 N–H and O–H groups in total. The van der Waals surface area contributed by atoms with Crippen LogP contribution >= 0.6 is 7.81 Å². The average molecular weight is 1260 g/mol. The van der Waals surface area contributed by atoms with Gasteiger partial charge >= 0.3 is 62.5 Å². The average Bonchev–Trinajstić information content (AvgIpc) is 1.09. The third-order valence-electron chi connectivity index (χ3n) is 13.5. The molecule has 0 saturated heterocycles. The van der Waals surface area contributed by atoms with Gasteiger partial charge in [0.2, 0.25) is 0 Å². The van der Waals surface area contributed by atoms with Crippen LogP contribution in [0.1, 0.15) is 149 Å². The molecule has 3 heterocycles. The molecule has 3 aliphatic heterocycles. The van der Waals surface area contributed by atoms with Crippen molar-refractivity contribution >= 4 is 19.4 Å². The summed E-state index contributed by atoms with van der Waals surface area (Å²) >= 11 is 0. The number of ketones is 2. The summed E-state index contributed by atoms with van der Waals surface area (Å²) in [7, 11) is -3.77. The molecular formula is C62H88F6NaO16P. The number of halogens is 6. The monoisotopic (exact) mass is 1260 g/mol. The summed E-state index contributed by atoms with van der Waals surface area (Å²) < 4.78 is 147. The van der Waals surface area contributed by atoms with Gasteiger partial charge in [-0.2, -0.15) is 0 Å². The first-order valence-corrected chi connectivity index (χ1v) is 30.7. The van der Waals surface area contributed by atoms with E-state index in [0.29, 0.717) is 152 Å². The van der Waals surface area contributed by atoms with Gasteiger partial charge in [0.25, 0.3) is 0 Å². The summed E-state index contributed by atoms with van der Waals surface area (Å²) in [6, 6.07) is 17.3. The predicted molar refractivity (Wildman–Crippen MR) is 314 cm³/mol. The number of fused-ring (bicyclic) bond motifs is 15. The van der Waals surface area contributed by atoms with Crippen LogP contribution in [0.5, 0.6) is 46.0 Å². The Bertz CT molecular complexity index is 2530. The Morgan fingerprint density at radius 1 is 0.349 bits per heavy atom. The molecule has 4 aromatic rings. The Labute approximate surface area is 525 Å². The van der Waals surface area contributed by atoms with Crippen LogP contribution in [0.2, 0.25) is 0 Å². The van der Waals surface area contributed by atoms with Crippen molar-refractivity contribution < 1.29 is 131 Å². The molecule has 4 aromatic carbocycles. The van der Waals surface area contributed by atoms with Crippen molar-refractivity contribution in [2.75, 3.05) is 134 Å². The largest absolute Gasteiger partial charge is 1.00 e. The maximum Gasteiger partial charge on any atom is 1.00 e. The van der Waals surface area contributed by atoms with Crippen LogP contribution in [0.15, 0.2) is 48.5 Å². The van der Waals surface area contributed by atoms with Crippen molar-refractivity contribution in [3.05, 3.63) is 93.0 Å². The van der Waals surface area contributed by atoms with E-state index in [0.717, 1.165) is 70.2 Å². The minimum Gasteiger partial charge on any atom is 1.00 e. The van der Waals surface area contributed by atoms with Gasteiger partial charge in [-0.1, -0.05) is 27.7 Å². The second-order valence-electron chi connectivity index (χ2n) is 20.2. The van der Waals surface area contributed by atoms with Gasteiger partial charge in [0.1, 0.15) is 84.0 Å². The molecule has 8 rings (SSSR count). The molecule has 86 heavy (non-hydrogen) atoms. The minimum absolute atomic E-state index is 0. The SMILES string of the molecule is CC(C)=O.CC(C)=O.CC[C@H]1c2cc3c(cc2OC)OCCOCCOCCOCCOc2cc(OC)c(cc21)[C@H](CC)c1cc2c(OC)cc1OCCOCCOCCOCCOc1cc(OC)c(cc1[C@H]2CC)[C@@H]3CC.F[P-](F)(F)(F)(F)F.[Na+]. The first kappa shape index (κ1) is 75.6. The van der Waals surface area contributed by atoms with E-state index in [1.165, 1.54) is 27.7 Å². The number of ether oxygens (including phenoxy) is 14. The van der Waals surface area contributed by atoms with Crippen LogP contribution in [0.25, 0.3) is 0 Å². The topological polar surface area (TPSA) is 163 Å². The normalized spacial score (nSPS) is 19.7. The molecule has 4 aliphatic rings. The molecular weight excluding hydrogens is 1170 g/mol. The molecule has 0 amide bonds. The van der Waals surface area contributed by atoms with Gasteiger partial charge in [-0.3, -0.25) is 0 Å². The van der Waals surface area contributed by atoms with E-state index in [1.54, 1.807) is 28.4 Å². The van der Waals surface area contributed by atoms with Gasteiger partial charge in [-0.05, 0) is 77.6 Å². The van der Waals surface area contributed by atoms with Gasteiger partial charge < -0.3 is 75.9 Å². The van der Waals surface area contributed by atoms with Gasteiger partial charge in [0, 0.05) is 92.4 Å². The molecule has 1 aliphatic carbocycles. The van der Waals surface area contributed by atoms with E-state index in [2.05, 4.69) is 52.0 Å². The van der Waals surface area contributed by atoms with E-state index in [4.69, 9.17) is 66.3 Å². The molecule has 16 nitrogen and oxygen atoms in total. The maximum atomic E-state index is 9.87. The zero-order chi connectivity index (χ0) is 62.8. The van der Waals surface area contributed by atoms with Crippen LogP contribution in [0.3, 0.4) is 0 Å². The molecule has 0 aromatic heterocycles. The number of hydrogen-bond donors (Lipinski definition) is 0. The molecule has 0 saturated carbocycles. The van der Waals surface area contributed by atoms with Crippen molar-refractivity contribution in [2.24, 2.45) is 0 Å². The molecule has 0 unspecified atom stereocenters. The molecule has 480 valence electrons. The van der Waals surface area contributed by atoms with Crippen molar-refractivity contribution in [3.63, 3.8) is 0 Å². The molecule has 10 bridgehead atoms. The third-order valence-corrected chi connectivity index (χ3v) is 13.5. The molecule has 0 spiro atoms. The summed E-state index contributed by atoms with van der Waals surface area (Å²) in [4.78, 5) is 18.9. The predicted octanol–water partition coefficient (Wildman–Crippen LogP) is 11.4. The Balaban J connectivity index is 0.00000108. The van der Waals surface area contributed by atoms with Crippen LogP contribution in [-0.4, -0.2) is 146 Å². The van der Waals surface area contributed by atoms with Gasteiger partial charge in [0.15, 0.2) is 0 Å². The van der Waals surface area contributed by atoms with E-state index in [-0.39, 0.29) is 64.8 Å². The fourth-order valence-corrected chi connectivity index (χ4v) is 10.1. The van der Waals surface area contributed by atoms with Crippen molar-refractivity contribution in [1.82, 2.24) is 0 Å². The molecule has 0 fully saturated rings. The standard InChI is InChI=1S/C56H76O14.2C3H6O.F6P.Na/c1-9-37-41-29-47-40(12-4)44-32-46-38(10-2)42-30-48(56(34-50(42)58-6)70-28-24-66-20-16-62-14-18-64-22-26-68-54(46)36-52(44)60-8)39(11-3)43-31-45(37)53(35-51(43)59-7)67-25-21-63-17-13-61-15-19-65-23-27-69-55(47)33-49(41)57-5;2*1-3(2)4;1-7(2,3,4,5)6;/h29-40H,9-28H2,1-8H3;2*1-2H3;;/q;;;-1;+1/t37-,38-,39-,40-;;;;/m0..../s1. The fourth-order valence-electron chi connectivity index (χ4n) is 10.1. The van der Waals surface area contributed by atoms with Gasteiger partial charge in [0.05, 0.1) is 108 Å². The number of Topliss-reactive ketones (excluding diaryl/α,β-unsaturated/α-hetero) is 2. The second-order valence-corrected chi connectivity index (χ2v) is 22.1. The summed E-state index contributed by atoms with van der Waals surface area (Å²) in [6.45, 7) is 21.2. The van der Waals surface area contributed by atoms with Crippen LogP contribution in [-0.2, 0) is 38.0 Å². The summed E-state index contributed by atoms with van der Waals surface area (Å²) in [5.74, 6) is 5.20. The first-order chi connectivity index (χ1) is 40.3. The maximum absolute atomic E-state index is 10.7. The number of hydrogen-bond acceptors (Lipinski definition) is 16. The minimum atomic E-state index is -10.7. The number of rotatable bonds is 8. The number of methoxy groups -OCH3 is 4. The number of benzene rings is 4. The Morgan fingerprint density at radius 2 is 0.500 bits per heavy atom. The van der Waals surface area contributed by atoms with E-state index < -0.39 is 7.81 Å². The second kappa shape index (κ2) is 36.1. The summed E-state index contributed by atoms with van der Waals surface area (Å²) in [6.07, 6.45) is 2.89. The van der Waals surface area contributed by atoms with Crippen LogP contribution < -0.4 is 67.5 Å². The van der Waals surface area contributed by atoms with E-state index in [9.17, 15) is 34.8 Å². The van der Waals surface area contributed by atoms with Crippen LogP contribution in [0, 0.1) is 0 Å². The molecule has 0 radical (unpaired) electrons. The molecule has 24 heteroatoms. The van der Waals surface area contributed by atoms with E-state index in [1.807, 2.05) is 24.3 Å². The quantitative estimate of drug-likeness (QED) is 0.0708. The van der Waals surface area contributed by atoms with Gasteiger partial charge in [-0.25, -0.2) is 0 Å². The third kappa shape index (κ3) is 25.1. The zero-order valence-corrected chi connectivity index (χ0v) is 55.2. The van der Waals surface area contributed by atoms with Crippen molar-refractivity contribution in [2.45, 2.75) is 105 Å². The Morgan fingerprint density at radius 3 is 0.640 bits per heavy atom. The Hall–Kier alpha value is -4.61. The fraction of sp³-hybridized carbons (Fsp3) is 0.581. The summed E-state index contributed by atoms with van der Waals surface area (Å²) in [5, 5.41) is 0. The smallest absolute Gasteiger partial charge is 1.00 e. The van der Waals surface area contributed by atoms with Crippen LogP contribution in [0.4, 0.5) is 25.2 Å². The Kier molecular flexibility index (Phi) is 31.8. The number of carbonyl (C=O) groups is 2.